The second-order valence-electron chi connectivity index (χ2n) is 3.89. The Bertz CT molecular complexity index is 383. The molecule has 0 unspecified atom stereocenters. The van der Waals surface area contributed by atoms with E-state index in [1.54, 1.807) is 10.7 Å². The third-order valence-electron chi connectivity index (χ3n) is 2.85. The van der Waals surface area contributed by atoms with Crippen molar-refractivity contribution in [1.82, 2.24) is 9.78 Å². The van der Waals surface area contributed by atoms with Crippen molar-refractivity contribution >= 4 is 5.82 Å². The zero-order valence-corrected chi connectivity index (χ0v) is 9.26. The molecule has 0 N–H and O–H groups in total. The monoisotopic (exact) mass is 225 g/mol. The average molecular weight is 225 g/mol. The van der Waals surface area contributed by atoms with Gasteiger partial charge in [-0.15, -0.1) is 4.68 Å². The maximum atomic E-state index is 10.9. The first kappa shape index (κ1) is 11.1. The molecule has 1 aromatic heterocycles. The third kappa shape index (κ3) is 2.06. The van der Waals surface area contributed by atoms with E-state index in [4.69, 9.17) is 4.74 Å². The van der Waals surface area contributed by atoms with Gasteiger partial charge in [0.05, 0.1) is 25.0 Å². The van der Waals surface area contributed by atoms with E-state index in [2.05, 4.69) is 5.10 Å². The van der Waals surface area contributed by atoms with Crippen molar-refractivity contribution in [1.29, 1.82) is 0 Å². The molecule has 0 amide bonds. The Labute approximate surface area is 93.4 Å². The molecule has 6 heteroatoms. The first-order valence-electron chi connectivity index (χ1n) is 5.53. The lowest BCUT2D eigenvalue weighted by molar-refractivity contribution is -0.393. The highest BCUT2D eigenvalue weighted by atomic mass is 16.6. The number of rotatable bonds is 3. The minimum Gasteiger partial charge on any atom is -0.381 e. The summed E-state index contributed by atoms with van der Waals surface area (Å²) in [6.07, 6.45) is 2.31. The van der Waals surface area contributed by atoms with E-state index in [1.165, 1.54) is 0 Å². The first-order chi connectivity index (χ1) is 7.72. The van der Waals surface area contributed by atoms with E-state index in [1.807, 2.05) is 6.92 Å². The lowest BCUT2D eigenvalue weighted by Gasteiger charge is -2.18. The van der Waals surface area contributed by atoms with Crippen LogP contribution < -0.4 is 0 Å². The SMILES string of the molecule is CCc1cc([N+](=O)[O-])n(C2CCOCC2)n1. The Hall–Kier alpha value is -1.43. The van der Waals surface area contributed by atoms with Crippen molar-refractivity contribution in [2.75, 3.05) is 13.2 Å². The molecule has 0 bridgehead atoms. The van der Waals surface area contributed by atoms with Crippen LogP contribution in [-0.4, -0.2) is 27.9 Å². The Morgan fingerprint density at radius 2 is 2.31 bits per heavy atom. The van der Waals surface area contributed by atoms with Crippen LogP contribution in [0.5, 0.6) is 0 Å². The number of ether oxygens (including phenoxy) is 1. The van der Waals surface area contributed by atoms with Crippen molar-refractivity contribution < 1.29 is 9.66 Å². The highest BCUT2D eigenvalue weighted by Crippen LogP contribution is 2.26. The molecule has 0 aromatic carbocycles. The minimum absolute atomic E-state index is 0.101. The van der Waals surface area contributed by atoms with Crippen molar-refractivity contribution in [2.24, 2.45) is 0 Å². The first-order valence-corrected chi connectivity index (χ1v) is 5.53. The van der Waals surface area contributed by atoms with Crippen LogP contribution in [0.1, 0.15) is 31.5 Å². The summed E-state index contributed by atoms with van der Waals surface area (Å²) in [4.78, 5) is 10.5. The number of hydrogen-bond acceptors (Lipinski definition) is 4. The summed E-state index contributed by atoms with van der Waals surface area (Å²) >= 11 is 0. The summed E-state index contributed by atoms with van der Waals surface area (Å²) in [5.41, 5.74) is 0.776. The van der Waals surface area contributed by atoms with E-state index >= 15 is 0 Å². The second kappa shape index (κ2) is 4.61. The molecule has 2 heterocycles. The van der Waals surface area contributed by atoms with E-state index in [0.29, 0.717) is 13.2 Å². The van der Waals surface area contributed by atoms with Gasteiger partial charge in [0.25, 0.3) is 0 Å². The standard InChI is InChI=1S/C10H15N3O3/c1-2-8-7-10(13(14)15)12(11-8)9-3-5-16-6-4-9/h7,9H,2-6H2,1H3. The van der Waals surface area contributed by atoms with Gasteiger partial charge in [-0.1, -0.05) is 12.0 Å². The molecular formula is C10H15N3O3. The molecule has 1 aromatic rings. The Morgan fingerprint density at radius 3 is 2.88 bits per heavy atom. The molecular weight excluding hydrogens is 210 g/mol. The number of nitrogens with zero attached hydrogens (tertiary/aromatic N) is 3. The molecule has 1 aliphatic heterocycles. The van der Waals surface area contributed by atoms with E-state index in [-0.39, 0.29) is 16.8 Å². The summed E-state index contributed by atoms with van der Waals surface area (Å²) in [5.74, 6) is 0.101. The molecule has 0 spiro atoms. The van der Waals surface area contributed by atoms with Gasteiger partial charge in [0, 0.05) is 12.8 Å². The van der Waals surface area contributed by atoms with Gasteiger partial charge in [0.1, 0.15) is 6.04 Å². The summed E-state index contributed by atoms with van der Waals surface area (Å²) in [6.45, 7) is 3.26. The fourth-order valence-corrected chi connectivity index (χ4v) is 1.94. The van der Waals surface area contributed by atoms with Crippen molar-refractivity contribution in [3.63, 3.8) is 0 Å². The molecule has 1 saturated heterocycles. The van der Waals surface area contributed by atoms with Crippen molar-refractivity contribution in [3.8, 4) is 0 Å². The summed E-state index contributed by atoms with van der Waals surface area (Å²) in [5, 5.41) is 15.2. The highest BCUT2D eigenvalue weighted by Gasteiger charge is 2.27. The summed E-state index contributed by atoms with van der Waals surface area (Å²) < 4.78 is 6.80. The molecule has 0 saturated carbocycles. The third-order valence-corrected chi connectivity index (χ3v) is 2.85. The molecule has 88 valence electrons. The van der Waals surface area contributed by atoms with E-state index in [0.717, 1.165) is 25.0 Å². The average Bonchev–Trinajstić information content (AvgIpc) is 2.74. The maximum Gasteiger partial charge on any atom is 0.345 e. The van der Waals surface area contributed by atoms with Crippen molar-refractivity contribution in [3.05, 3.63) is 21.9 Å². The van der Waals surface area contributed by atoms with Gasteiger partial charge in [-0.05, 0) is 11.3 Å². The fourth-order valence-electron chi connectivity index (χ4n) is 1.94. The van der Waals surface area contributed by atoms with Crippen LogP contribution in [0.2, 0.25) is 0 Å². The van der Waals surface area contributed by atoms with Crippen LogP contribution in [0.15, 0.2) is 6.07 Å². The molecule has 0 atom stereocenters. The van der Waals surface area contributed by atoms with Gasteiger partial charge in [-0.3, -0.25) is 0 Å². The van der Waals surface area contributed by atoms with Gasteiger partial charge in [-0.25, -0.2) is 0 Å². The van der Waals surface area contributed by atoms with Crippen LogP contribution in [0.25, 0.3) is 0 Å². The quantitative estimate of drug-likeness (QED) is 0.580. The van der Waals surface area contributed by atoms with Crippen LogP contribution in [0, 0.1) is 10.1 Å². The Balaban J connectivity index is 2.29. The maximum absolute atomic E-state index is 10.9. The molecule has 6 nitrogen and oxygen atoms in total. The van der Waals surface area contributed by atoms with Crippen LogP contribution >= 0.6 is 0 Å². The summed E-state index contributed by atoms with van der Waals surface area (Å²) in [6, 6.07) is 1.67. The molecule has 16 heavy (non-hydrogen) atoms. The second-order valence-corrected chi connectivity index (χ2v) is 3.89. The lowest BCUT2D eigenvalue weighted by atomic mass is 10.1. The predicted molar refractivity (Wildman–Crippen MR) is 57.3 cm³/mol. The van der Waals surface area contributed by atoms with E-state index < -0.39 is 0 Å². The van der Waals surface area contributed by atoms with Gasteiger partial charge in [-0.2, -0.15) is 0 Å². The molecule has 1 fully saturated rings. The smallest absolute Gasteiger partial charge is 0.345 e. The topological polar surface area (TPSA) is 70.2 Å². The highest BCUT2D eigenvalue weighted by molar-refractivity contribution is 5.23. The Morgan fingerprint density at radius 1 is 1.62 bits per heavy atom. The normalized spacial score (nSPS) is 17.6. The molecule has 1 aliphatic rings. The van der Waals surface area contributed by atoms with E-state index in [9.17, 15) is 10.1 Å². The summed E-state index contributed by atoms with van der Waals surface area (Å²) in [7, 11) is 0. The van der Waals surface area contributed by atoms with Crippen molar-refractivity contribution in [2.45, 2.75) is 32.2 Å². The number of hydrogen-bond donors (Lipinski definition) is 0. The van der Waals surface area contributed by atoms with Gasteiger partial charge < -0.3 is 14.9 Å². The van der Waals surface area contributed by atoms with Crippen LogP contribution in [0.3, 0.4) is 0 Å². The number of nitro groups is 1. The predicted octanol–water partition coefficient (Wildman–Crippen LogP) is 1.71. The number of aromatic nitrogens is 2. The zero-order chi connectivity index (χ0) is 11.5. The van der Waals surface area contributed by atoms with Gasteiger partial charge in [0.15, 0.2) is 0 Å². The molecule has 0 aliphatic carbocycles. The van der Waals surface area contributed by atoms with Gasteiger partial charge >= 0.3 is 5.82 Å². The minimum atomic E-state index is -0.360. The lowest BCUT2D eigenvalue weighted by Crippen LogP contribution is -2.21. The largest absolute Gasteiger partial charge is 0.381 e. The Kier molecular flexibility index (Phi) is 3.19. The molecule has 2 rings (SSSR count). The van der Waals surface area contributed by atoms with Crippen LogP contribution in [0.4, 0.5) is 5.82 Å². The van der Waals surface area contributed by atoms with Gasteiger partial charge in [0.2, 0.25) is 0 Å². The zero-order valence-electron chi connectivity index (χ0n) is 9.26. The van der Waals surface area contributed by atoms with Crippen LogP contribution in [-0.2, 0) is 11.2 Å². The molecule has 0 radical (unpaired) electrons. The number of aryl methyl sites for hydroxylation is 1. The fraction of sp³-hybridized carbons (Fsp3) is 0.700.